The molecule has 0 amide bonds. The van der Waals surface area contributed by atoms with Crippen molar-refractivity contribution < 1.29 is 0 Å². The van der Waals surface area contributed by atoms with Gasteiger partial charge in [-0.3, -0.25) is 0 Å². The van der Waals surface area contributed by atoms with Crippen LogP contribution in [0.4, 0.5) is 0 Å². The van der Waals surface area contributed by atoms with Crippen molar-refractivity contribution in [3.05, 3.63) is 33.4 Å². The summed E-state index contributed by atoms with van der Waals surface area (Å²) >= 11 is 2.34. The number of hydrogen-bond donors (Lipinski definition) is 0. The number of rotatable bonds is 5. The summed E-state index contributed by atoms with van der Waals surface area (Å²) in [5.41, 5.74) is 1.44. The maximum Gasteiger partial charge on any atom is 0.0130 e. The van der Waals surface area contributed by atoms with Gasteiger partial charge in [-0.1, -0.05) is 26.0 Å². The van der Waals surface area contributed by atoms with E-state index in [1.54, 1.807) is 0 Å². The first-order valence-corrected chi connectivity index (χ1v) is 6.31. The van der Waals surface area contributed by atoms with Crippen molar-refractivity contribution >= 4 is 22.6 Å². The Morgan fingerprint density at radius 3 is 2.14 bits per heavy atom. The highest BCUT2D eigenvalue weighted by molar-refractivity contribution is 14.1. The van der Waals surface area contributed by atoms with Gasteiger partial charge in [-0.2, -0.15) is 0 Å². The minimum atomic E-state index is 1.15. The van der Waals surface area contributed by atoms with Crippen LogP contribution in [-0.4, -0.2) is 24.5 Å². The van der Waals surface area contributed by atoms with Gasteiger partial charge < -0.3 is 4.90 Å². The highest BCUT2D eigenvalue weighted by atomic mass is 127. The van der Waals surface area contributed by atoms with Gasteiger partial charge in [-0.05, 0) is 59.8 Å². The Morgan fingerprint density at radius 2 is 1.64 bits per heavy atom. The highest BCUT2D eigenvalue weighted by Gasteiger charge is 1.99. The van der Waals surface area contributed by atoms with Crippen molar-refractivity contribution in [2.75, 3.05) is 19.6 Å². The quantitative estimate of drug-likeness (QED) is 0.755. The maximum atomic E-state index is 2.46. The summed E-state index contributed by atoms with van der Waals surface area (Å²) in [6.07, 6.45) is 1.17. The molecule has 0 fully saturated rings. The van der Waals surface area contributed by atoms with Gasteiger partial charge in [0.15, 0.2) is 0 Å². The Labute approximate surface area is 101 Å². The molecule has 1 aromatic carbocycles. The molecule has 0 aliphatic carbocycles. The Balaban J connectivity index is 2.41. The molecular weight excluding hydrogens is 285 g/mol. The first kappa shape index (κ1) is 12.0. The molecule has 0 atom stereocenters. The van der Waals surface area contributed by atoms with Gasteiger partial charge >= 0.3 is 0 Å². The van der Waals surface area contributed by atoms with Crippen LogP contribution in [0.3, 0.4) is 0 Å². The van der Waals surface area contributed by atoms with Crippen LogP contribution in [-0.2, 0) is 6.42 Å². The molecule has 0 unspecified atom stereocenters. The molecule has 78 valence electrons. The van der Waals surface area contributed by atoms with Crippen molar-refractivity contribution in [3.8, 4) is 0 Å². The summed E-state index contributed by atoms with van der Waals surface area (Å²) in [7, 11) is 0. The van der Waals surface area contributed by atoms with E-state index in [1.807, 2.05) is 0 Å². The first-order valence-electron chi connectivity index (χ1n) is 5.23. The van der Waals surface area contributed by atoms with E-state index in [2.05, 4.69) is 65.6 Å². The molecule has 0 aliphatic heterocycles. The fourth-order valence-corrected chi connectivity index (χ4v) is 1.84. The maximum absolute atomic E-state index is 2.46. The van der Waals surface area contributed by atoms with Crippen molar-refractivity contribution in [1.29, 1.82) is 0 Å². The minimum Gasteiger partial charge on any atom is -0.304 e. The van der Waals surface area contributed by atoms with E-state index in [4.69, 9.17) is 0 Å². The van der Waals surface area contributed by atoms with Crippen molar-refractivity contribution in [1.82, 2.24) is 4.90 Å². The Kier molecular flexibility index (Phi) is 5.48. The van der Waals surface area contributed by atoms with Crippen molar-refractivity contribution in [3.63, 3.8) is 0 Å². The SMILES string of the molecule is CCN(CC)CCc1ccc(I)cc1. The third-order valence-corrected chi connectivity index (χ3v) is 3.24. The van der Waals surface area contributed by atoms with Crippen LogP contribution >= 0.6 is 22.6 Å². The smallest absolute Gasteiger partial charge is 0.0130 e. The topological polar surface area (TPSA) is 3.24 Å². The van der Waals surface area contributed by atoms with Gasteiger partial charge in [0.2, 0.25) is 0 Å². The average Bonchev–Trinajstić information content (AvgIpc) is 2.22. The zero-order chi connectivity index (χ0) is 10.4. The lowest BCUT2D eigenvalue weighted by Gasteiger charge is -2.17. The van der Waals surface area contributed by atoms with E-state index in [0.717, 1.165) is 13.1 Å². The molecule has 2 heteroatoms. The molecule has 0 saturated carbocycles. The zero-order valence-electron chi connectivity index (χ0n) is 8.96. The number of hydrogen-bond acceptors (Lipinski definition) is 1. The van der Waals surface area contributed by atoms with Crippen molar-refractivity contribution in [2.45, 2.75) is 20.3 Å². The molecular formula is C12H18IN. The summed E-state index contributed by atoms with van der Waals surface area (Å²) in [5.74, 6) is 0. The van der Waals surface area contributed by atoms with E-state index in [-0.39, 0.29) is 0 Å². The number of nitrogens with zero attached hydrogens (tertiary/aromatic N) is 1. The van der Waals surface area contributed by atoms with E-state index >= 15 is 0 Å². The molecule has 0 aliphatic rings. The molecule has 0 radical (unpaired) electrons. The standard InChI is InChI=1S/C12H18IN/c1-3-14(4-2)10-9-11-5-7-12(13)8-6-11/h5-8H,3-4,9-10H2,1-2H3. The monoisotopic (exact) mass is 303 g/mol. The molecule has 0 saturated heterocycles. The zero-order valence-corrected chi connectivity index (χ0v) is 11.1. The molecule has 0 bridgehead atoms. The molecule has 14 heavy (non-hydrogen) atoms. The van der Waals surface area contributed by atoms with E-state index in [1.165, 1.54) is 22.1 Å². The Hall–Kier alpha value is -0.0900. The molecule has 0 spiro atoms. The molecule has 1 nitrogen and oxygen atoms in total. The largest absolute Gasteiger partial charge is 0.304 e. The third-order valence-electron chi connectivity index (χ3n) is 2.52. The van der Waals surface area contributed by atoms with Gasteiger partial charge in [0.05, 0.1) is 0 Å². The van der Waals surface area contributed by atoms with E-state index in [0.29, 0.717) is 0 Å². The molecule has 0 heterocycles. The van der Waals surface area contributed by atoms with E-state index in [9.17, 15) is 0 Å². The lowest BCUT2D eigenvalue weighted by atomic mass is 10.1. The summed E-state index contributed by atoms with van der Waals surface area (Å²) in [6.45, 7) is 7.92. The molecule has 1 rings (SSSR count). The van der Waals surface area contributed by atoms with Crippen molar-refractivity contribution in [2.24, 2.45) is 0 Å². The second-order valence-corrected chi connectivity index (χ2v) is 4.65. The molecule has 0 N–H and O–H groups in total. The lowest BCUT2D eigenvalue weighted by molar-refractivity contribution is 0.308. The van der Waals surface area contributed by atoms with Gasteiger partial charge in [0, 0.05) is 10.1 Å². The third kappa shape index (κ3) is 3.96. The Bertz CT molecular complexity index is 252. The predicted octanol–water partition coefficient (Wildman–Crippen LogP) is 3.18. The van der Waals surface area contributed by atoms with Gasteiger partial charge in [0.25, 0.3) is 0 Å². The average molecular weight is 303 g/mol. The Morgan fingerprint density at radius 1 is 1.07 bits per heavy atom. The first-order chi connectivity index (χ1) is 6.76. The van der Waals surface area contributed by atoms with Gasteiger partial charge in [0.1, 0.15) is 0 Å². The highest BCUT2D eigenvalue weighted by Crippen LogP contribution is 2.07. The fourth-order valence-electron chi connectivity index (χ4n) is 1.48. The summed E-state index contributed by atoms with van der Waals surface area (Å²) < 4.78 is 1.31. The summed E-state index contributed by atoms with van der Waals surface area (Å²) in [5, 5.41) is 0. The second-order valence-electron chi connectivity index (χ2n) is 3.40. The van der Waals surface area contributed by atoms with Crippen LogP contribution in [0.5, 0.6) is 0 Å². The number of benzene rings is 1. The lowest BCUT2D eigenvalue weighted by Crippen LogP contribution is -2.25. The van der Waals surface area contributed by atoms with Crippen LogP contribution < -0.4 is 0 Å². The summed E-state index contributed by atoms with van der Waals surface area (Å²) in [6, 6.07) is 8.81. The number of halogens is 1. The molecule has 0 aromatic heterocycles. The second kappa shape index (κ2) is 6.40. The molecule has 1 aromatic rings. The van der Waals surface area contributed by atoms with Crippen LogP contribution in [0.15, 0.2) is 24.3 Å². The number of likely N-dealkylation sites (N-methyl/N-ethyl adjacent to an activating group) is 1. The predicted molar refractivity (Wildman–Crippen MR) is 70.7 cm³/mol. The van der Waals surface area contributed by atoms with Crippen LogP contribution in [0.1, 0.15) is 19.4 Å². The normalized spacial score (nSPS) is 10.9. The van der Waals surface area contributed by atoms with Crippen LogP contribution in [0.25, 0.3) is 0 Å². The van der Waals surface area contributed by atoms with Gasteiger partial charge in [-0.25, -0.2) is 0 Å². The van der Waals surface area contributed by atoms with Crippen LogP contribution in [0, 0.1) is 3.57 Å². The van der Waals surface area contributed by atoms with E-state index < -0.39 is 0 Å². The summed E-state index contributed by atoms with van der Waals surface area (Å²) in [4.78, 5) is 2.46. The van der Waals surface area contributed by atoms with Gasteiger partial charge in [-0.15, -0.1) is 0 Å². The fraction of sp³-hybridized carbons (Fsp3) is 0.500. The van der Waals surface area contributed by atoms with Crippen LogP contribution in [0.2, 0.25) is 0 Å². The minimum absolute atomic E-state index is 1.15.